The Morgan fingerprint density at radius 2 is 1.93 bits per heavy atom. The van der Waals surface area contributed by atoms with Crippen LogP contribution in [0.1, 0.15) is 31.7 Å². The molecule has 7 heteroatoms. The van der Waals surface area contributed by atoms with Crippen molar-refractivity contribution in [3.8, 4) is 5.75 Å². The first-order valence-electron chi connectivity index (χ1n) is 10.1. The summed E-state index contributed by atoms with van der Waals surface area (Å²) in [5, 5.41) is 11.3. The summed E-state index contributed by atoms with van der Waals surface area (Å²) in [5.41, 5.74) is 2.19. The summed E-state index contributed by atoms with van der Waals surface area (Å²) in [6.07, 6.45) is 4.43. The second kappa shape index (κ2) is 7.28. The Balaban J connectivity index is 1.47. The maximum absolute atomic E-state index is 11.3. The number of aryl methyl sites for hydroxylation is 1. The lowest BCUT2D eigenvalue weighted by Gasteiger charge is -2.43. The van der Waals surface area contributed by atoms with Crippen molar-refractivity contribution in [2.75, 3.05) is 45.2 Å². The highest BCUT2D eigenvalue weighted by Crippen LogP contribution is 2.38. The molecule has 0 aromatic heterocycles. The molecule has 2 bridgehead atoms. The van der Waals surface area contributed by atoms with Gasteiger partial charge < -0.3 is 14.5 Å². The predicted octanol–water partition coefficient (Wildman–Crippen LogP) is 2.52. The number of likely N-dealkylation sites (N-methyl/N-ethyl adjacent to an activating group) is 1. The van der Waals surface area contributed by atoms with Crippen LogP contribution in [0.15, 0.2) is 12.1 Å². The minimum atomic E-state index is -0.354. The van der Waals surface area contributed by atoms with Gasteiger partial charge in [0.05, 0.1) is 12.0 Å². The Hall–Kier alpha value is -1.86. The second-order valence-electron chi connectivity index (χ2n) is 8.16. The standard InChI is InChI=1S/C20H30N4O3/c1-4-14-9-19(24(25)26)20(27-3)11-18(14)22-7-5-15(6-8-22)23-13-16-10-17(23)12-21(16)2/h9,11,15-17H,4-8,10,12-13H2,1-3H3. The van der Waals surface area contributed by atoms with Crippen LogP contribution < -0.4 is 9.64 Å². The zero-order chi connectivity index (χ0) is 19.1. The van der Waals surface area contributed by atoms with Crippen molar-refractivity contribution in [1.82, 2.24) is 9.80 Å². The molecule has 2 unspecified atom stereocenters. The number of methoxy groups -OCH3 is 1. The van der Waals surface area contributed by atoms with Gasteiger partial charge in [-0.25, -0.2) is 0 Å². The van der Waals surface area contributed by atoms with Crippen LogP contribution in [0, 0.1) is 10.1 Å². The number of rotatable bonds is 5. The molecule has 0 N–H and O–H groups in total. The van der Waals surface area contributed by atoms with E-state index in [-0.39, 0.29) is 10.6 Å². The van der Waals surface area contributed by atoms with Gasteiger partial charge in [0.15, 0.2) is 5.75 Å². The van der Waals surface area contributed by atoms with E-state index in [1.165, 1.54) is 26.6 Å². The fraction of sp³-hybridized carbons (Fsp3) is 0.700. The van der Waals surface area contributed by atoms with E-state index in [4.69, 9.17) is 4.74 Å². The van der Waals surface area contributed by atoms with E-state index in [0.29, 0.717) is 11.8 Å². The number of anilines is 1. The normalized spacial score (nSPS) is 26.7. The Morgan fingerprint density at radius 1 is 1.19 bits per heavy atom. The third kappa shape index (κ3) is 3.27. The summed E-state index contributed by atoms with van der Waals surface area (Å²) >= 11 is 0. The number of nitro groups is 1. The zero-order valence-corrected chi connectivity index (χ0v) is 16.6. The lowest BCUT2D eigenvalue weighted by atomic mass is 9.99. The molecule has 3 aliphatic rings. The van der Waals surface area contributed by atoms with Gasteiger partial charge in [-0.15, -0.1) is 0 Å². The lowest BCUT2D eigenvalue weighted by molar-refractivity contribution is -0.385. The molecule has 1 aromatic carbocycles. The second-order valence-corrected chi connectivity index (χ2v) is 8.16. The third-order valence-electron chi connectivity index (χ3n) is 6.79. The number of fused-ring (bicyclic) bond motifs is 2. The average molecular weight is 374 g/mol. The highest BCUT2D eigenvalue weighted by atomic mass is 16.6. The van der Waals surface area contributed by atoms with Gasteiger partial charge in [0.25, 0.3) is 0 Å². The molecule has 27 heavy (non-hydrogen) atoms. The van der Waals surface area contributed by atoms with E-state index in [1.54, 1.807) is 6.07 Å². The predicted molar refractivity (Wildman–Crippen MR) is 106 cm³/mol. The van der Waals surface area contributed by atoms with Crippen molar-refractivity contribution in [3.05, 3.63) is 27.8 Å². The van der Waals surface area contributed by atoms with Gasteiger partial charge in [0, 0.05) is 62.1 Å². The molecular formula is C20H30N4O3. The molecule has 0 aliphatic carbocycles. The maximum Gasteiger partial charge on any atom is 0.311 e. The van der Waals surface area contributed by atoms with Crippen molar-refractivity contribution >= 4 is 11.4 Å². The number of hydrogen-bond donors (Lipinski definition) is 0. The van der Waals surface area contributed by atoms with Crippen LogP contribution in [0.25, 0.3) is 0 Å². The van der Waals surface area contributed by atoms with E-state index < -0.39 is 0 Å². The van der Waals surface area contributed by atoms with E-state index >= 15 is 0 Å². The molecule has 3 fully saturated rings. The Bertz CT molecular complexity index is 715. The van der Waals surface area contributed by atoms with Crippen molar-refractivity contribution in [2.24, 2.45) is 0 Å². The Kier molecular flexibility index (Phi) is 4.99. The quantitative estimate of drug-likeness (QED) is 0.583. The molecule has 3 aliphatic heterocycles. The minimum Gasteiger partial charge on any atom is -0.490 e. The van der Waals surface area contributed by atoms with Gasteiger partial charge in [-0.05, 0) is 38.3 Å². The number of piperazine rings is 1. The number of nitro benzene ring substituents is 1. The molecule has 0 radical (unpaired) electrons. The zero-order valence-electron chi connectivity index (χ0n) is 16.6. The third-order valence-corrected chi connectivity index (χ3v) is 6.79. The number of nitrogens with zero attached hydrogens (tertiary/aromatic N) is 4. The Labute approximate surface area is 161 Å². The molecule has 3 heterocycles. The van der Waals surface area contributed by atoms with Gasteiger partial charge in [-0.1, -0.05) is 6.92 Å². The molecule has 148 valence electrons. The molecule has 0 amide bonds. The molecule has 4 rings (SSSR count). The van der Waals surface area contributed by atoms with Crippen molar-refractivity contribution < 1.29 is 9.66 Å². The fourth-order valence-electron chi connectivity index (χ4n) is 5.27. The number of likely N-dealkylation sites (tertiary alicyclic amines) is 2. The number of ether oxygens (including phenoxy) is 1. The maximum atomic E-state index is 11.3. The summed E-state index contributed by atoms with van der Waals surface area (Å²) in [7, 11) is 3.75. The fourth-order valence-corrected chi connectivity index (χ4v) is 5.27. The SMILES string of the molecule is CCc1cc([N+](=O)[O-])c(OC)cc1N1CCC(N2CC3CC2CN3C)CC1. The molecule has 7 nitrogen and oxygen atoms in total. The molecule has 3 saturated heterocycles. The summed E-state index contributed by atoms with van der Waals surface area (Å²) in [5.74, 6) is 0.356. The summed E-state index contributed by atoms with van der Waals surface area (Å²) in [6, 6.07) is 5.72. The van der Waals surface area contributed by atoms with Crippen molar-refractivity contribution in [1.29, 1.82) is 0 Å². The van der Waals surface area contributed by atoms with Gasteiger partial charge in [0.1, 0.15) is 0 Å². The molecule has 0 spiro atoms. The van der Waals surface area contributed by atoms with Crippen LogP contribution in [-0.4, -0.2) is 73.2 Å². The summed E-state index contributed by atoms with van der Waals surface area (Å²) in [6.45, 7) is 6.49. The van der Waals surface area contributed by atoms with Crippen molar-refractivity contribution in [2.45, 2.75) is 50.7 Å². The number of piperidine rings is 1. The monoisotopic (exact) mass is 374 g/mol. The van der Waals surface area contributed by atoms with Crippen LogP contribution >= 0.6 is 0 Å². The smallest absolute Gasteiger partial charge is 0.311 e. The first-order chi connectivity index (χ1) is 13.0. The van der Waals surface area contributed by atoms with Crippen LogP contribution in [-0.2, 0) is 6.42 Å². The molecular weight excluding hydrogens is 344 g/mol. The highest BCUT2D eigenvalue weighted by Gasteiger charge is 2.44. The summed E-state index contributed by atoms with van der Waals surface area (Å²) in [4.78, 5) is 18.6. The Morgan fingerprint density at radius 3 is 2.44 bits per heavy atom. The van der Waals surface area contributed by atoms with Gasteiger partial charge >= 0.3 is 5.69 Å². The van der Waals surface area contributed by atoms with Gasteiger partial charge in [-0.2, -0.15) is 0 Å². The minimum absolute atomic E-state index is 0.0604. The lowest BCUT2D eigenvalue weighted by Crippen LogP contribution is -2.52. The first-order valence-corrected chi connectivity index (χ1v) is 10.1. The molecule has 2 atom stereocenters. The van der Waals surface area contributed by atoms with E-state index in [1.807, 2.05) is 6.07 Å². The average Bonchev–Trinajstić information content (AvgIpc) is 3.26. The van der Waals surface area contributed by atoms with Gasteiger partial charge in [-0.3, -0.25) is 15.0 Å². The van der Waals surface area contributed by atoms with E-state index in [0.717, 1.165) is 55.7 Å². The van der Waals surface area contributed by atoms with Crippen molar-refractivity contribution in [3.63, 3.8) is 0 Å². The largest absolute Gasteiger partial charge is 0.490 e. The highest BCUT2D eigenvalue weighted by molar-refractivity contribution is 5.64. The topological polar surface area (TPSA) is 62.1 Å². The van der Waals surface area contributed by atoms with Crippen LogP contribution in [0.4, 0.5) is 11.4 Å². The number of hydrogen-bond acceptors (Lipinski definition) is 6. The number of benzene rings is 1. The van der Waals surface area contributed by atoms with Crippen LogP contribution in [0.3, 0.4) is 0 Å². The van der Waals surface area contributed by atoms with Crippen LogP contribution in [0.2, 0.25) is 0 Å². The van der Waals surface area contributed by atoms with Gasteiger partial charge in [0.2, 0.25) is 0 Å². The summed E-state index contributed by atoms with van der Waals surface area (Å²) < 4.78 is 5.30. The van der Waals surface area contributed by atoms with E-state index in [2.05, 4.69) is 28.7 Å². The molecule has 1 aromatic rings. The molecule has 0 saturated carbocycles. The first kappa shape index (κ1) is 18.5. The van der Waals surface area contributed by atoms with E-state index in [9.17, 15) is 10.1 Å². The van der Waals surface area contributed by atoms with Crippen LogP contribution in [0.5, 0.6) is 5.75 Å².